The third-order valence-electron chi connectivity index (χ3n) is 14.1. The lowest BCUT2D eigenvalue weighted by atomic mass is 9.47. The van der Waals surface area contributed by atoms with Crippen molar-refractivity contribution in [3.05, 3.63) is 47.0 Å². The Kier molecular flexibility index (Phi) is 13.1. The van der Waals surface area contributed by atoms with Gasteiger partial charge in [0.15, 0.2) is 0 Å². The standard InChI is InChI=1S/C46H68N2O10/c1-27(49)56-36-24-34-35(47-40(52)26-48(42(4,5)6)41(53)30-15-13-12-14-16-30)23-31-32-17-18-38(46(11,55)39(58-29(3)51)20-21-43(7,8)54)44(32,9)22-19-33(31)45(34,10)25-37(36)57-28(2)50/h12-16,33-39,54-55H,17-26H2,1-11H3,(H,47,52)/t33-,34-,35+,36+,37-,38-,39+,44-,45+,46+/m0/s1. The van der Waals surface area contributed by atoms with E-state index in [1.165, 1.54) is 31.9 Å². The van der Waals surface area contributed by atoms with Crippen LogP contribution in [-0.2, 0) is 33.4 Å². The number of allylic oxidation sites excluding steroid dienone is 1. The summed E-state index contributed by atoms with van der Waals surface area (Å²) in [7, 11) is 0. The number of carbonyl (C=O) groups is 5. The molecule has 0 aliphatic heterocycles. The van der Waals surface area contributed by atoms with Crippen LogP contribution >= 0.6 is 0 Å². The zero-order chi connectivity index (χ0) is 43.2. The lowest BCUT2D eigenvalue weighted by Gasteiger charge is -2.60. The Morgan fingerprint density at radius 1 is 0.897 bits per heavy atom. The maximum atomic E-state index is 14.3. The highest BCUT2D eigenvalue weighted by atomic mass is 16.6. The van der Waals surface area contributed by atoms with Crippen LogP contribution in [0.5, 0.6) is 0 Å². The van der Waals surface area contributed by atoms with Crippen molar-refractivity contribution < 1.29 is 48.4 Å². The largest absolute Gasteiger partial charge is 0.459 e. The highest BCUT2D eigenvalue weighted by molar-refractivity contribution is 5.97. The zero-order valence-electron chi connectivity index (χ0n) is 36.6. The molecule has 5 rings (SSSR count). The molecule has 4 aliphatic rings. The van der Waals surface area contributed by atoms with Gasteiger partial charge in [-0.1, -0.05) is 43.2 Å². The number of amides is 2. The van der Waals surface area contributed by atoms with Crippen molar-refractivity contribution >= 4 is 29.7 Å². The molecule has 2 amide bonds. The molecule has 1 aromatic rings. The number of esters is 3. The molecule has 0 unspecified atom stereocenters. The smallest absolute Gasteiger partial charge is 0.303 e. The molecule has 0 bridgehead atoms. The van der Waals surface area contributed by atoms with Crippen molar-refractivity contribution in [2.45, 2.75) is 175 Å². The van der Waals surface area contributed by atoms with Crippen molar-refractivity contribution in [2.24, 2.45) is 28.6 Å². The van der Waals surface area contributed by atoms with Gasteiger partial charge >= 0.3 is 17.9 Å². The van der Waals surface area contributed by atoms with Gasteiger partial charge in [-0.25, -0.2) is 0 Å². The van der Waals surface area contributed by atoms with Crippen LogP contribution in [0.2, 0.25) is 0 Å². The Morgan fingerprint density at radius 2 is 1.52 bits per heavy atom. The highest BCUT2D eigenvalue weighted by Gasteiger charge is 2.63. The van der Waals surface area contributed by atoms with Crippen molar-refractivity contribution in [2.75, 3.05) is 6.54 Å². The van der Waals surface area contributed by atoms with E-state index < -0.39 is 69.8 Å². The summed E-state index contributed by atoms with van der Waals surface area (Å²) in [6.45, 7) is 19.2. The second-order valence-electron chi connectivity index (χ2n) is 19.9. The summed E-state index contributed by atoms with van der Waals surface area (Å²) in [4.78, 5) is 66.9. The first kappa shape index (κ1) is 45.3. The first-order valence-electron chi connectivity index (χ1n) is 21.1. The molecule has 12 nitrogen and oxygen atoms in total. The minimum atomic E-state index is -1.40. The average Bonchev–Trinajstić information content (AvgIpc) is 3.46. The molecular formula is C46H68N2O10. The molecule has 4 aliphatic carbocycles. The normalized spacial score (nSPS) is 31.1. The van der Waals surface area contributed by atoms with Gasteiger partial charge in [-0.2, -0.15) is 0 Å². The minimum Gasteiger partial charge on any atom is -0.459 e. The lowest BCUT2D eigenvalue weighted by molar-refractivity contribution is -0.186. The second kappa shape index (κ2) is 16.7. The maximum Gasteiger partial charge on any atom is 0.303 e. The van der Waals surface area contributed by atoms with Crippen LogP contribution in [0.4, 0.5) is 0 Å². The van der Waals surface area contributed by atoms with Gasteiger partial charge in [-0.15, -0.1) is 0 Å². The lowest BCUT2D eigenvalue weighted by Crippen LogP contribution is -2.62. The molecule has 1 aromatic carbocycles. The van der Waals surface area contributed by atoms with E-state index in [1.54, 1.807) is 49.9 Å². The monoisotopic (exact) mass is 808 g/mol. The number of aliphatic hydroxyl groups is 2. The molecule has 3 saturated carbocycles. The Morgan fingerprint density at radius 3 is 2.09 bits per heavy atom. The van der Waals surface area contributed by atoms with E-state index in [9.17, 15) is 34.2 Å². The van der Waals surface area contributed by atoms with Crippen molar-refractivity contribution in [1.82, 2.24) is 10.2 Å². The Hall–Kier alpha value is -3.77. The van der Waals surface area contributed by atoms with Gasteiger partial charge in [0.25, 0.3) is 5.91 Å². The van der Waals surface area contributed by atoms with E-state index in [2.05, 4.69) is 19.2 Å². The molecule has 58 heavy (non-hydrogen) atoms. The molecule has 0 spiro atoms. The number of nitrogens with zero attached hydrogens (tertiary/aromatic N) is 1. The summed E-state index contributed by atoms with van der Waals surface area (Å²) in [5, 5.41) is 26.4. The maximum absolute atomic E-state index is 14.3. The van der Waals surface area contributed by atoms with Gasteiger partial charge in [0.2, 0.25) is 5.91 Å². The van der Waals surface area contributed by atoms with Crippen LogP contribution in [0.3, 0.4) is 0 Å². The molecule has 0 radical (unpaired) electrons. The fourth-order valence-electron chi connectivity index (χ4n) is 11.5. The molecule has 322 valence electrons. The summed E-state index contributed by atoms with van der Waals surface area (Å²) in [5.74, 6) is -2.32. The summed E-state index contributed by atoms with van der Waals surface area (Å²) < 4.78 is 17.5. The predicted octanol–water partition coefficient (Wildman–Crippen LogP) is 6.45. The number of rotatable bonds is 12. The van der Waals surface area contributed by atoms with Crippen molar-refractivity contribution in [3.63, 3.8) is 0 Å². The first-order chi connectivity index (χ1) is 26.8. The van der Waals surface area contributed by atoms with Crippen LogP contribution in [0.25, 0.3) is 0 Å². The zero-order valence-corrected chi connectivity index (χ0v) is 36.6. The van der Waals surface area contributed by atoms with E-state index >= 15 is 0 Å². The molecule has 10 atom stereocenters. The Balaban J connectivity index is 1.55. The molecule has 0 aromatic heterocycles. The van der Waals surface area contributed by atoms with Gasteiger partial charge in [-0.3, -0.25) is 24.0 Å². The molecular weight excluding hydrogens is 741 g/mol. The Bertz CT molecular complexity index is 1760. The van der Waals surface area contributed by atoms with E-state index in [-0.39, 0.29) is 36.1 Å². The molecule has 0 saturated heterocycles. The van der Waals surface area contributed by atoms with Crippen molar-refractivity contribution in [1.29, 1.82) is 0 Å². The van der Waals surface area contributed by atoms with Crippen LogP contribution in [0, 0.1) is 28.6 Å². The number of hydrogen-bond acceptors (Lipinski definition) is 10. The van der Waals surface area contributed by atoms with Gasteiger partial charge in [-0.05, 0) is 134 Å². The molecule has 0 heterocycles. The molecule has 3 fully saturated rings. The number of carbonyl (C=O) groups excluding carboxylic acids is 5. The topological polar surface area (TPSA) is 169 Å². The van der Waals surface area contributed by atoms with Crippen LogP contribution < -0.4 is 5.32 Å². The van der Waals surface area contributed by atoms with E-state index in [1.807, 2.05) is 26.8 Å². The van der Waals surface area contributed by atoms with Gasteiger partial charge < -0.3 is 34.6 Å². The number of fused-ring (bicyclic) bond motifs is 4. The number of hydrogen-bond donors (Lipinski definition) is 3. The molecule has 12 heteroatoms. The van der Waals surface area contributed by atoms with Crippen LogP contribution in [-0.4, -0.2) is 92.5 Å². The number of nitrogens with one attached hydrogen (secondary N) is 1. The summed E-state index contributed by atoms with van der Waals surface area (Å²) >= 11 is 0. The number of ether oxygens (including phenoxy) is 3. The van der Waals surface area contributed by atoms with Crippen molar-refractivity contribution in [3.8, 4) is 0 Å². The third-order valence-corrected chi connectivity index (χ3v) is 14.1. The molecule has 3 N–H and O–H groups in total. The van der Waals surface area contributed by atoms with E-state index in [0.717, 1.165) is 19.3 Å². The predicted molar refractivity (Wildman–Crippen MR) is 218 cm³/mol. The second-order valence-corrected chi connectivity index (χ2v) is 19.9. The Labute approximate surface area is 344 Å². The summed E-state index contributed by atoms with van der Waals surface area (Å²) in [6, 6.07) is 8.52. The quantitative estimate of drug-likeness (QED) is 0.121. The van der Waals surface area contributed by atoms with Crippen LogP contribution in [0.15, 0.2) is 41.5 Å². The minimum absolute atomic E-state index is 0.0685. The fourth-order valence-corrected chi connectivity index (χ4v) is 11.5. The average molecular weight is 809 g/mol. The van der Waals surface area contributed by atoms with Gasteiger partial charge in [0.1, 0.15) is 30.5 Å². The summed E-state index contributed by atoms with van der Waals surface area (Å²) in [5.41, 5.74) is -1.03. The third kappa shape index (κ3) is 9.48. The van der Waals surface area contributed by atoms with Gasteiger partial charge in [0, 0.05) is 43.8 Å². The highest BCUT2D eigenvalue weighted by Crippen LogP contribution is 2.66. The van der Waals surface area contributed by atoms with E-state index in [0.29, 0.717) is 44.1 Å². The first-order valence-corrected chi connectivity index (χ1v) is 21.1. The SMILES string of the molecule is CC(=O)O[C@H]1C[C@]2(C)[C@H]3CC[C@@]4(C)C(=C3C[C@@H](NC(=O)CN(C(=O)c3ccccc3)C(C)(C)C)[C@@H]2C[C@H]1OC(C)=O)CC[C@@H]4[C@@](C)(O)[C@@H](CCC(C)(C)O)OC(C)=O. The fraction of sp³-hybridized carbons (Fsp3) is 0.717. The van der Waals surface area contributed by atoms with E-state index in [4.69, 9.17) is 14.2 Å². The van der Waals surface area contributed by atoms with Gasteiger partial charge in [0.05, 0.1) is 5.60 Å². The van der Waals surface area contributed by atoms with Crippen LogP contribution in [0.1, 0.15) is 144 Å². The summed E-state index contributed by atoms with van der Waals surface area (Å²) in [6.07, 6.45) is 2.71. The number of benzene rings is 1.